The number of likely N-dealkylation sites (tertiary alicyclic amines) is 1. The Bertz CT molecular complexity index is 983. The highest BCUT2D eigenvalue weighted by atomic mass is 32.1. The van der Waals surface area contributed by atoms with Gasteiger partial charge in [-0.2, -0.15) is 0 Å². The molecule has 2 aliphatic heterocycles. The Morgan fingerprint density at radius 2 is 2.16 bits per heavy atom. The van der Waals surface area contributed by atoms with Crippen molar-refractivity contribution in [2.75, 3.05) is 33.1 Å². The van der Waals surface area contributed by atoms with Gasteiger partial charge in [0.2, 0.25) is 0 Å². The second kappa shape index (κ2) is 8.97. The number of carbonyl (C=O) groups is 1. The van der Waals surface area contributed by atoms with Crippen molar-refractivity contribution in [2.24, 2.45) is 0 Å². The molecule has 7 nitrogen and oxygen atoms in total. The SMILES string of the molecule is Cc1nc([C@]23CCN(C(=O)c4ccc(OCCOC(F)(F)F)c(C)c4)CC2OCO3)cs1. The minimum absolute atomic E-state index is 0.154. The summed E-state index contributed by atoms with van der Waals surface area (Å²) in [6.45, 7) is 3.83. The molecule has 0 saturated carbocycles. The highest BCUT2D eigenvalue weighted by Gasteiger charge is 2.52. The van der Waals surface area contributed by atoms with Gasteiger partial charge in [0.15, 0.2) is 0 Å². The van der Waals surface area contributed by atoms with Crippen LogP contribution in [0, 0.1) is 13.8 Å². The molecule has 32 heavy (non-hydrogen) atoms. The van der Waals surface area contributed by atoms with E-state index in [4.69, 9.17) is 14.2 Å². The smallest absolute Gasteiger partial charge is 0.491 e. The fourth-order valence-electron chi connectivity index (χ4n) is 4.02. The van der Waals surface area contributed by atoms with E-state index in [1.54, 1.807) is 41.4 Å². The Balaban J connectivity index is 1.39. The van der Waals surface area contributed by atoms with Crippen LogP contribution in [0.15, 0.2) is 23.6 Å². The van der Waals surface area contributed by atoms with Crippen LogP contribution in [-0.4, -0.2) is 61.4 Å². The number of fused-ring (bicyclic) bond motifs is 1. The number of hydrogen-bond acceptors (Lipinski definition) is 7. The van der Waals surface area contributed by atoms with Crippen LogP contribution in [0.25, 0.3) is 0 Å². The van der Waals surface area contributed by atoms with Crippen LogP contribution in [0.3, 0.4) is 0 Å². The summed E-state index contributed by atoms with van der Waals surface area (Å²) >= 11 is 1.55. The van der Waals surface area contributed by atoms with E-state index in [9.17, 15) is 18.0 Å². The Kier molecular flexibility index (Phi) is 6.44. The third kappa shape index (κ3) is 4.75. The zero-order chi connectivity index (χ0) is 22.9. The second-order valence-electron chi connectivity index (χ2n) is 7.68. The number of piperidine rings is 1. The lowest BCUT2D eigenvalue weighted by atomic mass is 9.85. The summed E-state index contributed by atoms with van der Waals surface area (Å²) < 4.78 is 56.9. The van der Waals surface area contributed by atoms with Crippen molar-refractivity contribution < 1.29 is 36.9 Å². The van der Waals surface area contributed by atoms with Crippen LogP contribution < -0.4 is 4.74 Å². The molecule has 2 aliphatic rings. The molecule has 2 atom stereocenters. The first-order valence-corrected chi connectivity index (χ1v) is 11.0. The minimum Gasteiger partial charge on any atom is -0.491 e. The summed E-state index contributed by atoms with van der Waals surface area (Å²) in [5.74, 6) is 0.245. The van der Waals surface area contributed by atoms with Gasteiger partial charge < -0.3 is 19.1 Å². The van der Waals surface area contributed by atoms with Gasteiger partial charge in [-0.3, -0.25) is 9.53 Å². The number of amides is 1. The van der Waals surface area contributed by atoms with Gasteiger partial charge in [0.05, 0.1) is 23.9 Å². The van der Waals surface area contributed by atoms with Gasteiger partial charge >= 0.3 is 6.36 Å². The maximum atomic E-state index is 13.1. The van der Waals surface area contributed by atoms with Gasteiger partial charge in [-0.25, -0.2) is 4.98 Å². The summed E-state index contributed by atoms with van der Waals surface area (Å²) in [4.78, 5) is 19.4. The number of aromatic nitrogens is 1. The lowest BCUT2D eigenvalue weighted by Gasteiger charge is -2.40. The standard InChI is InChI=1S/C21H23F3N2O5S/c1-13-9-15(3-4-16(13)28-7-8-30-21(22,23)24)19(27)26-6-5-20(17-11-32-14(2)25-17)18(10-26)29-12-31-20/h3-4,9,11,18H,5-8,10,12H2,1-2H3/t18?,20-/m1/s1. The molecule has 174 valence electrons. The number of ether oxygens (including phenoxy) is 4. The Morgan fingerprint density at radius 3 is 2.84 bits per heavy atom. The van der Waals surface area contributed by atoms with Crippen LogP contribution in [0.1, 0.15) is 33.0 Å². The number of aryl methyl sites for hydroxylation is 2. The monoisotopic (exact) mass is 472 g/mol. The number of halogens is 3. The summed E-state index contributed by atoms with van der Waals surface area (Å²) in [5.41, 5.74) is 1.33. The van der Waals surface area contributed by atoms with Crippen molar-refractivity contribution in [1.29, 1.82) is 0 Å². The van der Waals surface area contributed by atoms with E-state index < -0.39 is 18.6 Å². The fourth-order valence-corrected chi connectivity index (χ4v) is 4.71. The highest BCUT2D eigenvalue weighted by Crippen LogP contribution is 2.43. The predicted molar refractivity (Wildman–Crippen MR) is 109 cm³/mol. The second-order valence-corrected chi connectivity index (χ2v) is 8.75. The largest absolute Gasteiger partial charge is 0.522 e. The quantitative estimate of drug-likeness (QED) is 0.596. The van der Waals surface area contributed by atoms with E-state index in [1.807, 2.05) is 12.3 Å². The molecule has 3 heterocycles. The topological polar surface area (TPSA) is 70.1 Å². The summed E-state index contributed by atoms with van der Waals surface area (Å²) in [6, 6.07) is 4.85. The van der Waals surface area contributed by atoms with Crippen LogP contribution in [0.2, 0.25) is 0 Å². The molecule has 1 unspecified atom stereocenters. The van der Waals surface area contributed by atoms with Crippen LogP contribution in [-0.2, 0) is 19.8 Å². The van der Waals surface area contributed by atoms with Crippen molar-refractivity contribution in [3.05, 3.63) is 45.4 Å². The lowest BCUT2D eigenvalue weighted by molar-refractivity contribution is -0.325. The van der Waals surface area contributed by atoms with E-state index in [0.29, 0.717) is 36.4 Å². The number of hydrogen-bond donors (Lipinski definition) is 0. The Labute approximate surface area is 187 Å². The molecule has 2 aromatic rings. The molecule has 0 aliphatic carbocycles. The molecule has 1 aromatic heterocycles. The van der Waals surface area contributed by atoms with E-state index in [0.717, 1.165) is 10.7 Å². The van der Waals surface area contributed by atoms with E-state index >= 15 is 0 Å². The number of rotatable bonds is 6. The average molecular weight is 472 g/mol. The maximum absolute atomic E-state index is 13.1. The number of thiazole rings is 1. The molecule has 2 fully saturated rings. The van der Waals surface area contributed by atoms with Crippen LogP contribution in [0.5, 0.6) is 5.75 Å². The number of carbonyl (C=O) groups excluding carboxylic acids is 1. The molecule has 11 heteroatoms. The van der Waals surface area contributed by atoms with Gasteiger partial charge in [-0.15, -0.1) is 24.5 Å². The first-order valence-electron chi connectivity index (χ1n) is 10.1. The molecule has 0 spiro atoms. The first kappa shape index (κ1) is 23.0. The van der Waals surface area contributed by atoms with Gasteiger partial charge in [-0.1, -0.05) is 0 Å². The number of nitrogens with zero attached hydrogens (tertiary/aromatic N) is 2. The maximum Gasteiger partial charge on any atom is 0.522 e. The molecule has 1 aromatic carbocycles. The van der Waals surface area contributed by atoms with Crippen LogP contribution in [0.4, 0.5) is 13.2 Å². The Hall–Kier alpha value is -2.21. The molecular formula is C21H23F3N2O5S. The first-order chi connectivity index (χ1) is 15.2. The van der Waals surface area contributed by atoms with Crippen molar-refractivity contribution in [2.45, 2.75) is 38.3 Å². The van der Waals surface area contributed by atoms with Crippen molar-refractivity contribution in [3.8, 4) is 5.75 Å². The average Bonchev–Trinajstić information content (AvgIpc) is 3.37. The molecule has 0 radical (unpaired) electrons. The van der Waals surface area contributed by atoms with Gasteiger partial charge in [-0.05, 0) is 37.6 Å². The van der Waals surface area contributed by atoms with Crippen molar-refractivity contribution >= 4 is 17.2 Å². The predicted octanol–water partition coefficient (Wildman–Crippen LogP) is 3.79. The Morgan fingerprint density at radius 1 is 1.34 bits per heavy atom. The molecule has 0 N–H and O–H groups in total. The summed E-state index contributed by atoms with van der Waals surface area (Å²) in [5, 5.41) is 2.93. The number of alkyl halides is 3. The normalized spacial score (nSPS) is 23.3. The van der Waals surface area contributed by atoms with E-state index in [-0.39, 0.29) is 25.4 Å². The zero-order valence-electron chi connectivity index (χ0n) is 17.6. The minimum atomic E-state index is -4.69. The molecule has 0 bridgehead atoms. The molecule has 1 amide bonds. The van der Waals surface area contributed by atoms with Gasteiger partial charge in [0.1, 0.15) is 30.9 Å². The zero-order valence-corrected chi connectivity index (χ0v) is 18.4. The fraction of sp³-hybridized carbons (Fsp3) is 0.524. The molecule has 2 saturated heterocycles. The summed E-state index contributed by atoms with van der Waals surface area (Å²) in [7, 11) is 0. The molecular weight excluding hydrogens is 449 g/mol. The van der Waals surface area contributed by atoms with Gasteiger partial charge in [0, 0.05) is 23.9 Å². The third-order valence-corrected chi connectivity index (χ3v) is 6.39. The molecule has 4 rings (SSSR count). The van der Waals surface area contributed by atoms with Crippen molar-refractivity contribution in [1.82, 2.24) is 9.88 Å². The third-order valence-electron chi connectivity index (χ3n) is 5.61. The van der Waals surface area contributed by atoms with E-state index in [1.165, 1.54) is 0 Å². The highest BCUT2D eigenvalue weighted by molar-refractivity contribution is 7.09. The van der Waals surface area contributed by atoms with Gasteiger partial charge in [0.25, 0.3) is 5.91 Å². The summed E-state index contributed by atoms with van der Waals surface area (Å²) in [6.07, 6.45) is -4.42. The van der Waals surface area contributed by atoms with E-state index in [2.05, 4.69) is 9.72 Å². The van der Waals surface area contributed by atoms with Crippen LogP contribution >= 0.6 is 11.3 Å². The van der Waals surface area contributed by atoms with Crippen molar-refractivity contribution in [3.63, 3.8) is 0 Å². The lowest BCUT2D eigenvalue weighted by Crippen LogP contribution is -2.53. The number of benzene rings is 1.